The van der Waals surface area contributed by atoms with E-state index >= 15 is 0 Å². The van der Waals surface area contributed by atoms with Gasteiger partial charge >= 0.3 is 5.69 Å². The van der Waals surface area contributed by atoms with Crippen LogP contribution >= 0.6 is 0 Å². The van der Waals surface area contributed by atoms with Crippen LogP contribution in [0, 0.1) is 10.1 Å². The highest BCUT2D eigenvalue weighted by Crippen LogP contribution is 2.36. The van der Waals surface area contributed by atoms with Gasteiger partial charge in [-0.1, -0.05) is 18.2 Å². The number of phenolic OH excluding ortho intramolecular Hbond substituents is 1. The van der Waals surface area contributed by atoms with Gasteiger partial charge in [0, 0.05) is 18.7 Å². The Balaban J connectivity index is 2.31. The Morgan fingerprint density at radius 3 is 2.59 bits per heavy atom. The van der Waals surface area contributed by atoms with Crippen molar-refractivity contribution in [2.75, 3.05) is 19.2 Å². The zero-order chi connectivity index (χ0) is 16.1. The number of anilines is 1. The molecule has 0 radical (unpaired) electrons. The van der Waals surface area contributed by atoms with Crippen LogP contribution < -0.4 is 9.75 Å². The molecule has 0 atom stereocenters. The van der Waals surface area contributed by atoms with Crippen molar-refractivity contribution < 1.29 is 14.8 Å². The van der Waals surface area contributed by atoms with E-state index in [2.05, 4.69) is 5.10 Å². The van der Waals surface area contributed by atoms with Crippen molar-refractivity contribution in [2.45, 2.75) is 0 Å². The Labute approximate surface area is 127 Å². The highest BCUT2D eigenvalue weighted by molar-refractivity contribution is 5.83. The van der Waals surface area contributed by atoms with Crippen LogP contribution in [-0.2, 0) is 0 Å². The number of nitro benzene ring substituents is 1. The average Bonchev–Trinajstić information content (AvgIpc) is 2.54. The molecule has 0 aromatic heterocycles. The summed E-state index contributed by atoms with van der Waals surface area (Å²) < 4.78 is 4.94. The summed E-state index contributed by atoms with van der Waals surface area (Å²) in [6, 6.07) is 12.2. The van der Waals surface area contributed by atoms with E-state index < -0.39 is 16.4 Å². The Morgan fingerprint density at radius 2 is 2.00 bits per heavy atom. The number of phenols is 1. The lowest BCUT2D eigenvalue weighted by molar-refractivity contribution is -0.386. The molecule has 0 aliphatic heterocycles. The number of hydrazone groups is 1. The minimum Gasteiger partial charge on any atom is -0.500 e. The highest BCUT2D eigenvalue weighted by atomic mass is 16.6. The van der Waals surface area contributed by atoms with Crippen molar-refractivity contribution in [3.63, 3.8) is 0 Å². The normalized spacial score (nSPS) is 10.6. The summed E-state index contributed by atoms with van der Waals surface area (Å²) in [7, 11) is 3.09. The molecule has 0 unspecified atom stereocenters. The maximum absolute atomic E-state index is 10.9. The van der Waals surface area contributed by atoms with Gasteiger partial charge in [-0.3, -0.25) is 15.1 Å². The van der Waals surface area contributed by atoms with Crippen LogP contribution in [0.5, 0.6) is 11.5 Å². The predicted octanol–water partition coefficient (Wildman–Crippen LogP) is 2.78. The van der Waals surface area contributed by atoms with Crippen LogP contribution in [-0.4, -0.2) is 30.4 Å². The number of ether oxygens (including phenoxy) is 1. The third kappa shape index (κ3) is 3.32. The number of rotatable bonds is 5. The van der Waals surface area contributed by atoms with Crippen LogP contribution in [0.2, 0.25) is 0 Å². The fourth-order valence-corrected chi connectivity index (χ4v) is 1.85. The molecule has 2 aromatic carbocycles. The van der Waals surface area contributed by atoms with E-state index in [9.17, 15) is 15.2 Å². The smallest absolute Gasteiger partial charge is 0.315 e. The molecule has 1 N–H and O–H groups in total. The second kappa shape index (κ2) is 6.57. The summed E-state index contributed by atoms with van der Waals surface area (Å²) in [6.07, 6.45) is 1.46. The first-order valence-electron chi connectivity index (χ1n) is 6.41. The number of para-hydroxylation sites is 1. The van der Waals surface area contributed by atoms with Crippen LogP contribution in [0.25, 0.3) is 0 Å². The molecule has 2 rings (SSSR count). The van der Waals surface area contributed by atoms with Crippen molar-refractivity contribution in [1.29, 1.82) is 0 Å². The maximum atomic E-state index is 10.9. The van der Waals surface area contributed by atoms with Gasteiger partial charge in [0.25, 0.3) is 0 Å². The zero-order valence-electron chi connectivity index (χ0n) is 12.1. The van der Waals surface area contributed by atoms with E-state index in [1.807, 2.05) is 30.3 Å². The zero-order valence-corrected chi connectivity index (χ0v) is 12.1. The van der Waals surface area contributed by atoms with E-state index in [0.29, 0.717) is 5.56 Å². The molecule has 0 amide bonds. The number of hydrogen-bond donors (Lipinski definition) is 1. The first-order valence-corrected chi connectivity index (χ1v) is 6.41. The van der Waals surface area contributed by atoms with Crippen molar-refractivity contribution in [3.05, 3.63) is 58.1 Å². The molecule has 0 bridgehead atoms. The van der Waals surface area contributed by atoms with Crippen molar-refractivity contribution in [1.82, 2.24) is 0 Å². The summed E-state index contributed by atoms with van der Waals surface area (Å²) in [6.45, 7) is 0. The number of aromatic hydroxyl groups is 1. The number of methoxy groups -OCH3 is 1. The van der Waals surface area contributed by atoms with Crippen molar-refractivity contribution in [2.24, 2.45) is 5.10 Å². The molecule has 0 aliphatic rings. The topological polar surface area (TPSA) is 88.2 Å². The fraction of sp³-hybridized carbons (Fsp3) is 0.133. The van der Waals surface area contributed by atoms with Gasteiger partial charge < -0.3 is 9.84 Å². The molecular weight excluding hydrogens is 286 g/mol. The minimum absolute atomic E-state index is 0.0259. The standard InChI is InChI=1S/C15H15N3O4/c1-17(12-6-4-3-5-7-12)16-10-11-8-13(18(20)21)15(19)14(9-11)22-2/h3-10,19H,1-2H3/b16-10-. The summed E-state index contributed by atoms with van der Waals surface area (Å²) >= 11 is 0. The Bertz CT molecular complexity index is 701. The van der Waals surface area contributed by atoms with Gasteiger partial charge in [0.15, 0.2) is 5.75 Å². The molecule has 0 fully saturated rings. The van der Waals surface area contributed by atoms with Crippen LogP contribution in [0.15, 0.2) is 47.6 Å². The molecule has 7 nitrogen and oxygen atoms in total. The van der Waals surface area contributed by atoms with Gasteiger partial charge in [0.05, 0.1) is 23.9 Å². The Kier molecular flexibility index (Phi) is 4.57. The molecule has 0 saturated carbocycles. The van der Waals surface area contributed by atoms with E-state index in [4.69, 9.17) is 4.74 Å². The van der Waals surface area contributed by atoms with Crippen LogP contribution in [0.3, 0.4) is 0 Å². The first-order chi connectivity index (χ1) is 10.5. The monoisotopic (exact) mass is 301 g/mol. The van der Waals surface area contributed by atoms with Gasteiger partial charge in [0.2, 0.25) is 5.75 Å². The van der Waals surface area contributed by atoms with Crippen LogP contribution in [0.4, 0.5) is 11.4 Å². The number of hydrogen-bond acceptors (Lipinski definition) is 6. The average molecular weight is 301 g/mol. The Morgan fingerprint density at radius 1 is 1.32 bits per heavy atom. The van der Waals surface area contributed by atoms with E-state index in [0.717, 1.165) is 5.69 Å². The second-order valence-corrected chi connectivity index (χ2v) is 4.45. The molecule has 22 heavy (non-hydrogen) atoms. The van der Waals surface area contributed by atoms with Gasteiger partial charge in [-0.25, -0.2) is 0 Å². The lowest BCUT2D eigenvalue weighted by Crippen LogP contribution is -2.08. The van der Waals surface area contributed by atoms with Gasteiger partial charge in [-0.2, -0.15) is 5.10 Å². The molecule has 7 heteroatoms. The second-order valence-electron chi connectivity index (χ2n) is 4.45. The molecule has 2 aromatic rings. The Hall–Kier alpha value is -3.09. The first kappa shape index (κ1) is 15.3. The van der Waals surface area contributed by atoms with E-state index in [1.165, 1.54) is 25.5 Å². The third-order valence-electron chi connectivity index (χ3n) is 3.00. The lowest BCUT2D eigenvalue weighted by Gasteiger charge is -2.12. The molecule has 0 aliphatic carbocycles. The predicted molar refractivity (Wildman–Crippen MR) is 83.8 cm³/mol. The molecule has 114 valence electrons. The fourth-order valence-electron chi connectivity index (χ4n) is 1.85. The highest BCUT2D eigenvalue weighted by Gasteiger charge is 2.19. The summed E-state index contributed by atoms with van der Waals surface area (Å²) in [5, 5.41) is 26.5. The maximum Gasteiger partial charge on any atom is 0.315 e. The van der Waals surface area contributed by atoms with Gasteiger partial charge in [-0.05, 0) is 18.2 Å². The number of nitro groups is 1. The van der Waals surface area contributed by atoms with Gasteiger partial charge in [-0.15, -0.1) is 0 Å². The van der Waals surface area contributed by atoms with Crippen molar-refractivity contribution in [3.8, 4) is 11.5 Å². The summed E-state index contributed by atoms with van der Waals surface area (Å²) in [4.78, 5) is 10.3. The molecule has 0 saturated heterocycles. The summed E-state index contributed by atoms with van der Waals surface area (Å²) in [5.41, 5.74) is 0.895. The largest absolute Gasteiger partial charge is 0.500 e. The molecule has 0 spiro atoms. The van der Waals surface area contributed by atoms with E-state index in [1.54, 1.807) is 12.1 Å². The van der Waals surface area contributed by atoms with Crippen molar-refractivity contribution >= 4 is 17.6 Å². The minimum atomic E-state index is -0.671. The summed E-state index contributed by atoms with van der Waals surface area (Å²) in [5.74, 6) is -0.473. The van der Waals surface area contributed by atoms with E-state index in [-0.39, 0.29) is 5.75 Å². The molecular formula is C15H15N3O4. The third-order valence-corrected chi connectivity index (χ3v) is 3.00. The molecule has 0 heterocycles. The SMILES string of the molecule is COc1cc(/C=N\N(C)c2ccccc2)cc([N+](=O)[O-])c1O. The quantitative estimate of drug-likeness (QED) is 0.521. The lowest BCUT2D eigenvalue weighted by atomic mass is 10.2. The number of nitrogens with zero attached hydrogens (tertiary/aromatic N) is 3. The van der Waals surface area contributed by atoms with Gasteiger partial charge in [0.1, 0.15) is 0 Å². The van der Waals surface area contributed by atoms with Crippen LogP contribution in [0.1, 0.15) is 5.56 Å². The number of benzene rings is 2.